The number of aromatic carboxylic acids is 1. The van der Waals surface area contributed by atoms with Gasteiger partial charge in [0.05, 0.1) is 11.8 Å². The Morgan fingerprint density at radius 2 is 2.12 bits per heavy atom. The zero-order chi connectivity index (χ0) is 17.8. The minimum atomic E-state index is -0.964. The molecule has 3 rings (SSSR count). The topological polar surface area (TPSA) is 100 Å². The van der Waals surface area contributed by atoms with Crippen LogP contribution in [0.3, 0.4) is 0 Å². The zero-order valence-corrected chi connectivity index (χ0v) is 14.1. The predicted molar refractivity (Wildman–Crippen MR) is 91.7 cm³/mol. The number of carbonyl (C=O) groups excluding carboxylic acids is 1. The molecule has 25 heavy (non-hydrogen) atoms. The number of carboxylic acid groups (broad SMARTS) is 1. The average Bonchev–Trinajstić information content (AvgIpc) is 3.06. The number of amides is 1. The Labute approximate surface area is 145 Å². The molecule has 0 aromatic carbocycles. The van der Waals surface area contributed by atoms with Crippen LogP contribution in [0, 0.1) is 5.92 Å². The molecule has 1 saturated heterocycles. The first-order chi connectivity index (χ1) is 12.0. The molecule has 1 aliphatic rings. The van der Waals surface area contributed by atoms with Crippen molar-refractivity contribution in [3.63, 3.8) is 0 Å². The van der Waals surface area contributed by atoms with Crippen LogP contribution >= 0.6 is 0 Å². The van der Waals surface area contributed by atoms with Crippen molar-refractivity contribution in [1.82, 2.24) is 20.1 Å². The summed E-state index contributed by atoms with van der Waals surface area (Å²) in [5.74, 6) is -0.191. The maximum absolute atomic E-state index is 12.1. The molecule has 2 aromatic heterocycles. The highest BCUT2D eigenvalue weighted by atomic mass is 16.4. The second kappa shape index (κ2) is 7.33. The van der Waals surface area contributed by atoms with E-state index in [1.165, 1.54) is 0 Å². The van der Waals surface area contributed by atoms with Crippen molar-refractivity contribution in [2.75, 3.05) is 24.5 Å². The highest BCUT2D eigenvalue weighted by Gasteiger charge is 2.24. The van der Waals surface area contributed by atoms with Gasteiger partial charge in [0.25, 0.3) is 5.91 Å². The van der Waals surface area contributed by atoms with E-state index in [-0.39, 0.29) is 11.5 Å². The van der Waals surface area contributed by atoms with Gasteiger partial charge in [-0.05, 0) is 30.9 Å². The maximum Gasteiger partial charge on any atom is 0.339 e. The second-order valence-electron chi connectivity index (χ2n) is 6.22. The molecular weight excluding hydrogens is 322 g/mol. The molecule has 0 radical (unpaired) electrons. The van der Waals surface area contributed by atoms with Gasteiger partial charge < -0.3 is 15.3 Å². The fraction of sp³-hybridized carbons (Fsp3) is 0.412. The van der Waals surface area contributed by atoms with Gasteiger partial charge in [0.15, 0.2) is 0 Å². The molecule has 0 atom stereocenters. The Morgan fingerprint density at radius 3 is 2.76 bits per heavy atom. The van der Waals surface area contributed by atoms with Crippen molar-refractivity contribution in [2.24, 2.45) is 13.0 Å². The first-order valence-electron chi connectivity index (χ1n) is 8.24. The Morgan fingerprint density at radius 1 is 1.36 bits per heavy atom. The summed E-state index contributed by atoms with van der Waals surface area (Å²) < 4.78 is 1.60. The van der Waals surface area contributed by atoms with Crippen LogP contribution in [0.1, 0.15) is 33.6 Å². The zero-order valence-electron chi connectivity index (χ0n) is 14.1. The molecular formula is C17H21N5O3. The summed E-state index contributed by atoms with van der Waals surface area (Å²) >= 11 is 0. The van der Waals surface area contributed by atoms with Crippen LogP contribution in [-0.4, -0.2) is 51.4 Å². The Kier molecular flexibility index (Phi) is 4.97. The number of aromatic nitrogens is 3. The van der Waals surface area contributed by atoms with E-state index in [0.717, 1.165) is 25.9 Å². The number of carboxylic acids is 1. The Bertz CT molecular complexity index is 765. The number of hydrogen-bond donors (Lipinski definition) is 2. The molecule has 0 bridgehead atoms. The Hall–Kier alpha value is -2.90. The summed E-state index contributed by atoms with van der Waals surface area (Å²) in [4.78, 5) is 29.6. The molecule has 0 spiro atoms. The maximum atomic E-state index is 12.1. The van der Waals surface area contributed by atoms with E-state index in [2.05, 4.69) is 15.4 Å². The van der Waals surface area contributed by atoms with Gasteiger partial charge in [-0.3, -0.25) is 9.48 Å². The molecule has 0 aliphatic carbocycles. The van der Waals surface area contributed by atoms with E-state index in [4.69, 9.17) is 0 Å². The van der Waals surface area contributed by atoms with Crippen molar-refractivity contribution >= 4 is 17.7 Å². The van der Waals surface area contributed by atoms with Crippen LogP contribution in [0.15, 0.2) is 30.7 Å². The third kappa shape index (κ3) is 3.96. The largest absolute Gasteiger partial charge is 0.478 e. The van der Waals surface area contributed by atoms with Gasteiger partial charge in [-0.25, -0.2) is 9.78 Å². The third-order valence-electron chi connectivity index (χ3n) is 4.45. The number of pyridine rings is 1. The summed E-state index contributed by atoms with van der Waals surface area (Å²) in [7, 11) is 1.77. The quantitative estimate of drug-likeness (QED) is 0.845. The molecule has 0 unspecified atom stereocenters. The van der Waals surface area contributed by atoms with Crippen LogP contribution in [-0.2, 0) is 7.05 Å². The first-order valence-corrected chi connectivity index (χ1v) is 8.24. The monoisotopic (exact) mass is 343 g/mol. The van der Waals surface area contributed by atoms with E-state index in [0.29, 0.717) is 23.8 Å². The third-order valence-corrected chi connectivity index (χ3v) is 4.45. The smallest absolute Gasteiger partial charge is 0.339 e. The molecule has 1 amide bonds. The van der Waals surface area contributed by atoms with Crippen LogP contribution in [0.25, 0.3) is 0 Å². The summed E-state index contributed by atoms with van der Waals surface area (Å²) in [5.41, 5.74) is 0.783. The molecule has 132 valence electrons. The SMILES string of the molecule is Cn1cc(C(=O)NCC2CCN(c3ncccc3C(=O)O)CC2)cn1. The van der Waals surface area contributed by atoms with Gasteiger partial charge >= 0.3 is 5.97 Å². The van der Waals surface area contributed by atoms with Gasteiger partial charge in [0.2, 0.25) is 0 Å². The summed E-state index contributed by atoms with van der Waals surface area (Å²) in [5, 5.41) is 16.2. The molecule has 1 aliphatic heterocycles. The molecule has 1 fully saturated rings. The number of piperidine rings is 1. The van der Waals surface area contributed by atoms with Crippen molar-refractivity contribution in [3.8, 4) is 0 Å². The minimum Gasteiger partial charge on any atom is -0.478 e. The number of nitrogens with one attached hydrogen (secondary N) is 1. The summed E-state index contributed by atoms with van der Waals surface area (Å²) in [6.07, 6.45) is 6.60. The number of aryl methyl sites for hydroxylation is 1. The van der Waals surface area contributed by atoms with Crippen LogP contribution in [0.5, 0.6) is 0 Å². The lowest BCUT2D eigenvalue weighted by atomic mass is 9.96. The van der Waals surface area contributed by atoms with Crippen molar-refractivity contribution in [2.45, 2.75) is 12.8 Å². The summed E-state index contributed by atoms with van der Waals surface area (Å²) in [6.45, 7) is 2.06. The molecule has 2 N–H and O–H groups in total. The van der Waals surface area contributed by atoms with E-state index in [1.807, 2.05) is 4.90 Å². The van der Waals surface area contributed by atoms with Gasteiger partial charge in [0, 0.05) is 39.1 Å². The standard InChI is InChI=1S/C17H21N5O3/c1-21-11-13(10-20-21)16(23)19-9-12-4-7-22(8-5-12)15-14(17(24)25)3-2-6-18-15/h2-3,6,10-12H,4-5,7-9H2,1H3,(H,19,23)(H,24,25). The number of hydrogen-bond acceptors (Lipinski definition) is 5. The number of rotatable bonds is 5. The predicted octanol–water partition coefficient (Wildman–Crippen LogP) is 1.16. The lowest BCUT2D eigenvalue weighted by Crippen LogP contribution is -2.39. The molecule has 3 heterocycles. The molecule has 2 aromatic rings. The van der Waals surface area contributed by atoms with E-state index in [9.17, 15) is 14.7 Å². The average molecular weight is 343 g/mol. The molecule has 8 heteroatoms. The lowest BCUT2D eigenvalue weighted by molar-refractivity contribution is 0.0696. The van der Waals surface area contributed by atoms with Crippen molar-refractivity contribution < 1.29 is 14.7 Å². The highest BCUT2D eigenvalue weighted by molar-refractivity contribution is 5.94. The number of anilines is 1. The van der Waals surface area contributed by atoms with Crippen LogP contribution in [0.2, 0.25) is 0 Å². The number of carbonyl (C=O) groups is 2. The highest BCUT2D eigenvalue weighted by Crippen LogP contribution is 2.24. The van der Waals surface area contributed by atoms with Gasteiger partial charge in [-0.1, -0.05) is 0 Å². The van der Waals surface area contributed by atoms with Crippen molar-refractivity contribution in [1.29, 1.82) is 0 Å². The van der Waals surface area contributed by atoms with E-state index >= 15 is 0 Å². The fourth-order valence-electron chi connectivity index (χ4n) is 3.04. The first kappa shape index (κ1) is 16.9. The normalized spacial score (nSPS) is 15.2. The van der Waals surface area contributed by atoms with Crippen LogP contribution < -0.4 is 10.2 Å². The number of nitrogens with zero attached hydrogens (tertiary/aromatic N) is 4. The Balaban J connectivity index is 1.52. The summed E-state index contributed by atoms with van der Waals surface area (Å²) in [6, 6.07) is 3.21. The van der Waals surface area contributed by atoms with Crippen molar-refractivity contribution in [3.05, 3.63) is 41.9 Å². The van der Waals surface area contributed by atoms with E-state index < -0.39 is 5.97 Å². The van der Waals surface area contributed by atoms with E-state index in [1.54, 1.807) is 42.5 Å². The fourth-order valence-corrected chi connectivity index (χ4v) is 3.04. The van der Waals surface area contributed by atoms with Gasteiger partial charge in [0.1, 0.15) is 11.4 Å². The lowest BCUT2D eigenvalue weighted by Gasteiger charge is -2.33. The van der Waals surface area contributed by atoms with Gasteiger partial charge in [-0.2, -0.15) is 5.10 Å². The van der Waals surface area contributed by atoms with Crippen LogP contribution in [0.4, 0.5) is 5.82 Å². The molecule has 0 saturated carbocycles. The molecule has 8 nitrogen and oxygen atoms in total. The van der Waals surface area contributed by atoms with Gasteiger partial charge in [-0.15, -0.1) is 0 Å². The minimum absolute atomic E-state index is 0.117. The second-order valence-corrected chi connectivity index (χ2v) is 6.22.